The maximum absolute atomic E-state index is 10.1. The first-order valence-corrected chi connectivity index (χ1v) is 11.0. The molecule has 0 radical (unpaired) electrons. The summed E-state index contributed by atoms with van der Waals surface area (Å²) in [4.78, 5) is 0. The van der Waals surface area contributed by atoms with E-state index in [2.05, 4.69) is 33.9 Å². The normalized spacial score (nSPS) is 14.2. The van der Waals surface area contributed by atoms with Crippen LogP contribution in [0.5, 0.6) is 0 Å². The third-order valence-corrected chi connectivity index (χ3v) is 9.11. The molecule has 0 aliphatic carbocycles. The summed E-state index contributed by atoms with van der Waals surface area (Å²) in [5, 5.41) is 10.4. The van der Waals surface area contributed by atoms with Crippen molar-refractivity contribution >= 4 is 8.32 Å². The second-order valence-corrected chi connectivity index (χ2v) is 12.2. The van der Waals surface area contributed by atoms with Gasteiger partial charge in [0, 0.05) is 6.61 Å². The first-order valence-electron chi connectivity index (χ1n) is 8.11. The molecule has 1 rings (SSSR count). The van der Waals surface area contributed by atoms with Crippen molar-refractivity contribution in [3.8, 4) is 0 Å². The molecule has 0 amide bonds. The van der Waals surface area contributed by atoms with Crippen LogP contribution in [0.1, 0.15) is 58.1 Å². The van der Waals surface area contributed by atoms with E-state index >= 15 is 0 Å². The van der Waals surface area contributed by atoms with Crippen molar-refractivity contribution in [1.29, 1.82) is 0 Å². The zero-order chi connectivity index (χ0) is 15.9. The lowest BCUT2D eigenvalue weighted by atomic mass is 10.0. The molecule has 120 valence electrons. The molecule has 0 aliphatic rings. The first-order chi connectivity index (χ1) is 9.74. The molecule has 0 aliphatic heterocycles. The van der Waals surface area contributed by atoms with Gasteiger partial charge < -0.3 is 9.53 Å². The van der Waals surface area contributed by atoms with Crippen molar-refractivity contribution in [2.24, 2.45) is 0 Å². The Bertz CT molecular complexity index is 395. The van der Waals surface area contributed by atoms with Crippen molar-refractivity contribution in [3.05, 3.63) is 35.9 Å². The van der Waals surface area contributed by atoms with Gasteiger partial charge in [-0.2, -0.15) is 0 Å². The van der Waals surface area contributed by atoms with Crippen LogP contribution >= 0.6 is 0 Å². The van der Waals surface area contributed by atoms with Crippen LogP contribution in [0.4, 0.5) is 0 Å². The minimum atomic E-state index is -1.59. The molecule has 1 aromatic rings. The van der Waals surface area contributed by atoms with Gasteiger partial charge in [-0.15, -0.1) is 0 Å². The topological polar surface area (TPSA) is 29.5 Å². The van der Waals surface area contributed by atoms with E-state index in [1.807, 2.05) is 30.3 Å². The van der Waals surface area contributed by atoms with Gasteiger partial charge in [0.25, 0.3) is 0 Å². The third kappa shape index (κ3) is 6.33. The Balaban J connectivity index is 2.16. The highest BCUT2D eigenvalue weighted by Crippen LogP contribution is 2.36. The molecule has 0 saturated carbocycles. The van der Waals surface area contributed by atoms with Gasteiger partial charge in [0.1, 0.15) is 0 Å². The highest BCUT2D eigenvalue weighted by atomic mass is 28.4. The second-order valence-electron chi connectivity index (χ2n) is 7.38. The third-order valence-electron chi connectivity index (χ3n) is 4.58. The zero-order valence-corrected chi connectivity index (χ0v) is 15.4. The molecule has 0 spiro atoms. The summed E-state index contributed by atoms with van der Waals surface area (Å²) in [7, 11) is -1.59. The highest BCUT2D eigenvalue weighted by Gasteiger charge is 2.36. The Hall–Kier alpha value is -0.643. The molecule has 0 bridgehead atoms. The fourth-order valence-corrected chi connectivity index (χ4v) is 3.09. The van der Waals surface area contributed by atoms with Gasteiger partial charge in [0.05, 0.1) is 6.10 Å². The van der Waals surface area contributed by atoms with E-state index in [4.69, 9.17) is 4.43 Å². The van der Waals surface area contributed by atoms with Crippen LogP contribution in [0.2, 0.25) is 18.1 Å². The molecule has 1 atom stereocenters. The van der Waals surface area contributed by atoms with Crippen LogP contribution in [0, 0.1) is 0 Å². The Kier molecular flexibility index (Phi) is 7.11. The van der Waals surface area contributed by atoms with Crippen LogP contribution in [0.15, 0.2) is 30.3 Å². The number of hydrogen-bond acceptors (Lipinski definition) is 2. The number of aliphatic hydroxyl groups is 1. The Morgan fingerprint density at radius 2 is 1.67 bits per heavy atom. The largest absolute Gasteiger partial charge is 0.417 e. The minimum Gasteiger partial charge on any atom is -0.417 e. The lowest BCUT2D eigenvalue weighted by Crippen LogP contribution is -2.40. The van der Waals surface area contributed by atoms with E-state index in [1.165, 1.54) is 0 Å². The number of hydrogen-bond donors (Lipinski definition) is 1. The number of aliphatic hydroxyl groups excluding tert-OH is 1. The molecule has 21 heavy (non-hydrogen) atoms. The number of benzene rings is 1. The molecule has 0 heterocycles. The molecule has 1 aromatic carbocycles. The molecule has 1 unspecified atom stereocenters. The highest BCUT2D eigenvalue weighted by molar-refractivity contribution is 6.74. The Morgan fingerprint density at radius 3 is 2.24 bits per heavy atom. The van der Waals surface area contributed by atoms with Gasteiger partial charge in [-0.1, -0.05) is 63.9 Å². The molecular weight excluding hydrogens is 276 g/mol. The fourth-order valence-electron chi connectivity index (χ4n) is 2.00. The lowest BCUT2D eigenvalue weighted by Gasteiger charge is -2.36. The molecular formula is C18H32O2Si. The zero-order valence-electron chi connectivity index (χ0n) is 14.4. The van der Waals surface area contributed by atoms with Gasteiger partial charge in [-0.25, -0.2) is 0 Å². The van der Waals surface area contributed by atoms with Crippen molar-refractivity contribution < 1.29 is 9.53 Å². The van der Waals surface area contributed by atoms with Gasteiger partial charge in [0.2, 0.25) is 0 Å². The average molecular weight is 309 g/mol. The van der Waals surface area contributed by atoms with Gasteiger partial charge in [-0.3, -0.25) is 0 Å². The van der Waals surface area contributed by atoms with Crippen molar-refractivity contribution in [2.75, 3.05) is 6.61 Å². The van der Waals surface area contributed by atoms with Gasteiger partial charge in [-0.05, 0) is 36.5 Å². The minimum absolute atomic E-state index is 0.288. The van der Waals surface area contributed by atoms with Gasteiger partial charge in [0.15, 0.2) is 8.32 Å². The molecule has 3 heteroatoms. The monoisotopic (exact) mass is 308 g/mol. The Morgan fingerprint density at radius 1 is 1.05 bits per heavy atom. The van der Waals surface area contributed by atoms with Crippen LogP contribution in [0.25, 0.3) is 0 Å². The maximum Gasteiger partial charge on any atom is 0.191 e. The maximum atomic E-state index is 10.1. The SMILES string of the molecule is CC(C)(C)[Si](C)(C)OCCCCCC(O)c1ccccc1. The quantitative estimate of drug-likeness (QED) is 0.521. The summed E-state index contributed by atoms with van der Waals surface area (Å²) in [6, 6.07) is 9.92. The van der Waals surface area contributed by atoms with Crippen molar-refractivity contribution in [1.82, 2.24) is 0 Å². The molecule has 0 fully saturated rings. The summed E-state index contributed by atoms with van der Waals surface area (Å²) in [5.41, 5.74) is 1.02. The predicted molar refractivity (Wildman–Crippen MR) is 93.0 cm³/mol. The van der Waals surface area contributed by atoms with E-state index in [0.29, 0.717) is 0 Å². The van der Waals surface area contributed by atoms with Crippen LogP contribution in [-0.4, -0.2) is 20.0 Å². The fraction of sp³-hybridized carbons (Fsp3) is 0.667. The number of rotatable bonds is 8. The van der Waals surface area contributed by atoms with E-state index in [1.54, 1.807) is 0 Å². The van der Waals surface area contributed by atoms with E-state index < -0.39 is 8.32 Å². The van der Waals surface area contributed by atoms with Gasteiger partial charge >= 0.3 is 0 Å². The smallest absolute Gasteiger partial charge is 0.191 e. The Labute approximate surface area is 131 Å². The van der Waals surface area contributed by atoms with E-state index in [9.17, 15) is 5.11 Å². The molecule has 0 aromatic heterocycles. The van der Waals surface area contributed by atoms with Crippen LogP contribution in [0.3, 0.4) is 0 Å². The summed E-state index contributed by atoms with van der Waals surface area (Å²) >= 11 is 0. The summed E-state index contributed by atoms with van der Waals surface area (Å²) in [6.07, 6.45) is 3.78. The van der Waals surface area contributed by atoms with Crippen molar-refractivity contribution in [2.45, 2.75) is 70.7 Å². The predicted octanol–water partition coefficient (Wildman–Crippen LogP) is 5.30. The van der Waals surface area contributed by atoms with E-state index in [0.717, 1.165) is 37.9 Å². The molecule has 0 saturated heterocycles. The standard InChI is InChI=1S/C18H32O2Si/c1-18(2,3)21(4,5)20-15-11-7-10-14-17(19)16-12-8-6-9-13-16/h6,8-9,12-13,17,19H,7,10-11,14-15H2,1-5H3. The summed E-state index contributed by atoms with van der Waals surface area (Å²) in [5.74, 6) is 0. The summed E-state index contributed by atoms with van der Waals surface area (Å²) < 4.78 is 6.16. The number of unbranched alkanes of at least 4 members (excludes halogenated alkanes) is 2. The van der Waals surface area contributed by atoms with Crippen molar-refractivity contribution in [3.63, 3.8) is 0 Å². The lowest BCUT2D eigenvalue weighted by molar-refractivity contribution is 0.162. The molecule has 1 N–H and O–H groups in total. The molecule has 2 nitrogen and oxygen atoms in total. The van der Waals surface area contributed by atoms with E-state index in [-0.39, 0.29) is 11.1 Å². The summed E-state index contributed by atoms with van der Waals surface area (Å²) in [6.45, 7) is 12.3. The second kappa shape index (κ2) is 8.11. The van der Waals surface area contributed by atoms with Crippen LogP contribution < -0.4 is 0 Å². The first kappa shape index (κ1) is 18.4. The van der Waals surface area contributed by atoms with Crippen LogP contribution in [-0.2, 0) is 4.43 Å². The average Bonchev–Trinajstić information content (AvgIpc) is 2.42.